The van der Waals surface area contributed by atoms with Gasteiger partial charge in [-0.15, -0.1) is 0 Å². The van der Waals surface area contributed by atoms with Crippen LogP contribution in [0.25, 0.3) is 0 Å². The van der Waals surface area contributed by atoms with E-state index in [1.54, 1.807) is 0 Å². The van der Waals surface area contributed by atoms with Crippen LogP contribution in [0, 0.1) is 5.41 Å². The van der Waals surface area contributed by atoms with Gasteiger partial charge in [-0.1, -0.05) is 19.3 Å². The van der Waals surface area contributed by atoms with Crippen molar-refractivity contribution in [3.05, 3.63) is 0 Å². The average Bonchev–Trinajstić information content (AvgIpc) is 2.16. The van der Waals surface area contributed by atoms with Crippen molar-refractivity contribution in [1.29, 1.82) is 0 Å². The zero-order valence-corrected chi connectivity index (χ0v) is 7.38. The summed E-state index contributed by atoms with van der Waals surface area (Å²) in [6.45, 7) is 0.834. The lowest BCUT2D eigenvalue weighted by Crippen LogP contribution is -2.38. The fraction of sp³-hybridized carbons (Fsp3) is 0.889. The van der Waals surface area contributed by atoms with Gasteiger partial charge < -0.3 is 10.4 Å². The highest BCUT2D eigenvalue weighted by atomic mass is 16.3. The summed E-state index contributed by atoms with van der Waals surface area (Å²) in [6.07, 6.45) is 6.44. The van der Waals surface area contributed by atoms with Gasteiger partial charge in [-0.05, 0) is 12.8 Å². The van der Waals surface area contributed by atoms with Gasteiger partial charge in [-0.2, -0.15) is 0 Å². The fourth-order valence-electron chi connectivity index (χ4n) is 1.95. The number of nitrogens with one attached hydrogen (secondary N) is 1. The first-order valence-corrected chi connectivity index (χ1v) is 4.61. The number of rotatable bonds is 4. The second-order valence-electron chi connectivity index (χ2n) is 3.72. The monoisotopic (exact) mass is 171 g/mol. The molecule has 3 nitrogen and oxygen atoms in total. The highest BCUT2D eigenvalue weighted by Crippen LogP contribution is 2.34. The molecular weight excluding hydrogens is 154 g/mol. The van der Waals surface area contributed by atoms with E-state index in [4.69, 9.17) is 0 Å². The summed E-state index contributed by atoms with van der Waals surface area (Å²) in [5, 5.41) is 11.9. The normalized spacial score (nSPS) is 21.8. The third-order valence-electron chi connectivity index (χ3n) is 2.81. The summed E-state index contributed by atoms with van der Waals surface area (Å²) in [5.41, 5.74) is -0.0147. The van der Waals surface area contributed by atoms with Crippen LogP contribution in [-0.4, -0.2) is 24.7 Å². The molecular formula is C9H17NO2. The Labute approximate surface area is 73.2 Å². The Kier molecular flexibility index (Phi) is 3.53. The van der Waals surface area contributed by atoms with Gasteiger partial charge in [0.25, 0.3) is 0 Å². The minimum atomic E-state index is -0.0147. The number of carbonyl (C=O) groups excluding carboxylic acids is 1. The molecule has 0 aliphatic heterocycles. The highest BCUT2D eigenvalue weighted by molar-refractivity contribution is 5.45. The topological polar surface area (TPSA) is 49.3 Å². The Morgan fingerprint density at radius 1 is 1.33 bits per heavy atom. The summed E-state index contributed by atoms with van der Waals surface area (Å²) >= 11 is 0. The number of amides is 1. The molecule has 70 valence electrons. The molecule has 1 fully saturated rings. The van der Waals surface area contributed by atoms with E-state index in [0.29, 0.717) is 13.0 Å². The van der Waals surface area contributed by atoms with Crippen LogP contribution in [-0.2, 0) is 4.79 Å². The Morgan fingerprint density at radius 3 is 2.50 bits per heavy atom. The van der Waals surface area contributed by atoms with E-state index in [9.17, 15) is 9.90 Å². The van der Waals surface area contributed by atoms with Gasteiger partial charge in [-0.25, -0.2) is 0 Å². The molecule has 0 aromatic rings. The van der Waals surface area contributed by atoms with Crippen molar-refractivity contribution in [3.63, 3.8) is 0 Å². The lowest BCUT2D eigenvalue weighted by molar-refractivity contribution is -0.110. The van der Waals surface area contributed by atoms with Gasteiger partial charge in [0.15, 0.2) is 0 Å². The Balaban J connectivity index is 2.41. The van der Waals surface area contributed by atoms with Crippen LogP contribution in [0.2, 0.25) is 0 Å². The van der Waals surface area contributed by atoms with E-state index in [0.717, 1.165) is 12.8 Å². The van der Waals surface area contributed by atoms with Crippen LogP contribution in [0.15, 0.2) is 0 Å². The number of hydrogen-bond donors (Lipinski definition) is 2. The Hall–Kier alpha value is -0.570. The summed E-state index contributed by atoms with van der Waals surface area (Å²) in [4.78, 5) is 10.1. The standard InChI is InChI=1S/C9H17NO2/c11-7-9(6-10-8-12)4-2-1-3-5-9/h8,11H,1-7H2,(H,10,12). The van der Waals surface area contributed by atoms with E-state index < -0.39 is 0 Å². The van der Waals surface area contributed by atoms with Crippen molar-refractivity contribution in [2.75, 3.05) is 13.2 Å². The highest BCUT2D eigenvalue weighted by Gasteiger charge is 2.30. The molecule has 0 bridgehead atoms. The van der Waals surface area contributed by atoms with Crippen LogP contribution >= 0.6 is 0 Å². The van der Waals surface area contributed by atoms with Gasteiger partial charge in [-0.3, -0.25) is 4.79 Å². The molecule has 2 N–H and O–H groups in total. The quantitative estimate of drug-likeness (QED) is 0.611. The number of aliphatic hydroxyl groups is 1. The molecule has 0 unspecified atom stereocenters. The number of aliphatic hydroxyl groups excluding tert-OH is 1. The zero-order valence-electron chi connectivity index (χ0n) is 7.38. The molecule has 0 aromatic heterocycles. The molecule has 1 aliphatic carbocycles. The number of carbonyl (C=O) groups is 1. The summed E-state index contributed by atoms with van der Waals surface area (Å²) in [6, 6.07) is 0. The maximum Gasteiger partial charge on any atom is 0.207 e. The molecule has 0 saturated heterocycles. The van der Waals surface area contributed by atoms with E-state index >= 15 is 0 Å². The number of hydrogen-bond acceptors (Lipinski definition) is 2. The predicted octanol–water partition coefficient (Wildman–Crippen LogP) is 0.675. The van der Waals surface area contributed by atoms with Crippen LogP contribution in [0.4, 0.5) is 0 Å². The molecule has 0 heterocycles. The molecule has 1 saturated carbocycles. The summed E-state index contributed by atoms with van der Waals surface area (Å²) in [7, 11) is 0. The Morgan fingerprint density at radius 2 is 2.00 bits per heavy atom. The average molecular weight is 171 g/mol. The van der Waals surface area contributed by atoms with Crippen molar-refractivity contribution in [2.45, 2.75) is 32.1 Å². The van der Waals surface area contributed by atoms with Crippen LogP contribution in [0.5, 0.6) is 0 Å². The SMILES string of the molecule is O=CNCC1(CO)CCCCC1. The molecule has 12 heavy (non-hydrogen) atoms. The second-order valence-corrected chi connectivity index (χ2v) is 3.72. The molecule has 0 spiro atoms. The molecule has 3 heteroatoms. The first-order valence-electron chi connectivity index (χ1n) is 4.61. The summed E-state index contributed by atoms with van der Waals surface area (Å²) in [5.74, 6) is 0. The van der Waals surface area contributed by atoms with Crippen molar-refractivity contribution in [1.82, 2.24) is 5.32 Å². The molecule has 1 amide bonds. The third kappa shape index (κ3) is 2.21. The van der Waals surface area contributed by atoms with Gasteiger partial charge in [0.1, 0.15) is 0 Å². The molecule has 1 aliphatic rings. The lowest BCUT2D eigenvalue weighted by Gasteiger charge is -2.35. The zero-order chi connectivity index (χ0) is 8.86. The van der Waals surface area contributed by atoms with Crippen molar-refractivity contribution in [3.8, 4) is 0 Å². The van der Waals surface area contributed by atoms with Crippen molar-refractivity contribution < 1.29 is 9.90 Å². The smallest absolute Gasteiger partial charge is 0.207 e. The predicted molar refractivity (Wildman–Crippen MR) is 46.7 cm³/mol. The maximum atomic E-state index is 10.1. The molecule has 0 radical (unpaired) electrons. The largest absolute Gasteiger partial charge is 0.396 e. The summed E-state index contributed by atoms with van der Waals surface area (Å²) < 4.78 is 0. The van der Waals surface area contributed by atoms with Crippen LogP contribution in [0.1, 0.15) is 32.1 Å². The third-order valence-corrected chi connectivity index (χ3v) is 2.81. The van der Waals surface area contributed by atoms with Gasteiger partial charge in [0.05, 0.1) is 6.61 Å². The fourth-order valence-corrected chi connectivity index (χ4v) is 1.95. The van der Waals surface area contributed by atoms with Gasteiger partial charge >= 0.3 is 0 Å². The van der Waals surface area contributed by atoms with Crippen molar-refractivity contribution in [2.24, 2.45) is 5.41 Å². The minimum Gasteiger partial charge on any atom is -0.396 e. The van der Waals surface area contributed by atoms with Gasteiger partial charge in [0, 0.05) is 12.0 Å². The van der Waals surface area contributed by atoms with E-state index in [1.807, 2.05) is 0 Å². The van der Waals surface area contributed by atoms with Gasteiger partial charge in [0.2, 0.25) is 6.41 Å². The minimum absolute atomic E-state index is 0.0147. The van der Waals surface area contributed by atoms with Crippen LogP contribution < -0.4 is 5.32 Å². The van der Waals surface area contributed by atoms with E-state index in [-0.39, 0.29) is 12.0 Å². The maximum absolute atomic E-state index is 10.1. The first-order chi connectivity index (χ1) is 5.83. The van der Waals surface area contributed by atoms with Crippen LogP contribution in [0.3, 0.4) is 0 Å². The molecule has 0 atom stereocenters. The van der Waals surface area contributed by atoms with E-state index in [2.05, 4.69) is 5.32 Å². The van der Waals surface area contributed by atoms with E-state index in [1.165, 1.54) is 19.3 Å². The Bertz CT molecular complexity index is 141. The molecule has 1 rings (SSSR count). The lowest BCUT2D eigenvalue weighted by atomic mass is 9.75. The van der Waals surface area contributed by atoms with Crippen molar-refractivity contribution >= 4 is 6.41 Å². The molecule has 0 aromatic carbocycles. The first kappa shape index (κ1) is 9.52. The second kappa shape index (κ2) is 4.45.